The minimum Gasteiger partial charge on any atom is -0.444 e. The van der Waals surface area contributed by atoms with Crippen molar-refractivity contribution < 1.29 is 14.3 Å². The number of nitrogens with one attached hydrogen (secondary N) is 1. The van der Waals surface area contributed by atoms with E-state index in [1.54, 1.807) is 12.4 Å². The normalized spacial score (nSPS) is 21.0. The lowest BCUT2D eigenvalue weighted by molar-refractivity contribution is 0.0199. The SMILES string of the molecule is CC(C)(C)OC(=O)N1CCC2(CC(n3c(NC(=O)c4ccc(-c5ccncc5)s4)nc4ccccc43)C2)C1. The summed E-state index contributed by atoms with van der Waals surface area (Å²) in [6.45, 7) is 7.11. The van der Waals surface area contributed by atoms with Crippen molar-refractivity contribution in [3.63, 3.8) is 0 Å². The zero-order valence-electron chi connectivity index (χ0n) is 21.8. The third-order valence-corrected chi connectivity index (χ3v) is 8.54. The third-order valence-electron chi connectivity index (χ3n) is 7.41. The summed E-state index contributed by atoms with van der Waals surface area (Å²) in [5, 5.41) is 3.09. The Morgan fingerprint density at radius 3 is 2.61 bits per heavy atom. The fourth-order valence-corrected chi connectivity index (χ4v) is 6.58. The van der Waals surface area contributed by atoms with Crippen LogP contribution in [0.4, 0.5) is 10.7 Å². The molecular formula is C29H31N5O3S. The van der Waals surface area contributed by atoms with E-state index < -0.39 is 5.60 Å². The molecule has 0 unspecified atom stereocenters. The Balaban J connectivity index is 1.20. The fraction of sp³-hybridized carbons (Fsp3) is 0.379. The Bertz CT molecular complexity index is 1500. The van der Waals surface area contributed by atoms with Gasteiger partial charge in [0.15, 0.2) is 0 Å². The zero-order valence-corrected chi connectivity index (χ0v) is 22.6. The van der Waals surface area contributed by atoms with Crippen LogP contribution in [0.25, 0.3) is 21.5 Å². The summed E-state index contributed by atoms with van der Waals surface area (Å²) in [5.74, 6) is 0.398. The maximum absolute atomic E-state index is 13.3. The number of rotatable bonds is 4. The molecule has 1 spiro atoms. The Morgan fingerprint density at radius 1 is 1.08 bits per heavy atom. The van der Waals surface area contributed by atoms with Gasteiger partial charge in [0, 0.05) is 36.4 Å². The average molecular weight is 530 g/mol. The number of hydrogen-bond donors (Lipinski definition) is 1. The van der Waals surface area contributed by atoms with Crippen LogP contribution < -0.4 is 5.32 Å². The van der Waals surface area contributed by atoms with Crippen molar-refractivity contribution in [1.82, 2.24) is 19.4 Å². The van der Waals surface area contributed by atoms with Crippen molar-refractivity contribution in [3.05, 3.63) is 65.8 Å². The number of amides is 2. The van der Waals surface area contributed by atoms with Crippen molar-refractivity contribution in [2.24, 2.45) is 5.41 Å². The molecule has 2 fully saturated rings. The quantitative estimate of drug-likeness (QED) is 0.332. The Kier molecular flexibility index (Phi) is 5.98. The number of hydrogen-bond acceptors (Lipinski definition) is 6. The van der Waals surface area contributed by atoms with Crippen LogP contribution in [0, 0.1) is 5.41 Å². The number of carbonyl (C=O) groups is 2. The molecule has 1 N–H and O–H groups in total. The van der Waals surface area contributed by atoms with E-state index in [9.17, 15) is 9.59 Å². The first-order valence-electron chi connectivity index (χ1n) is 13.0. The van der Waals surface area contributed by atoms with Crippen LogP contribution in [-0.4, -0.2) is 50.1 Å². The summed E-state index contributed by atoms with van der Waals surface area (Å²) in [6, 6.07) is 15.9. The van der Waals surface area contributed by atoms with Crippen LogP contribution in [-0.2, 0) is 4.74 Å². The number of ether oxygens (including phenoxy) is 1. The molecule has 196 valence electrons. The van der Waals surface area contributed by atoms with E-state index in [0.717, 1.165) is 40.7 Å². The molecule has 3 aromatic heterocycles. The average Bonchev–Trinajstić information content (AvgIpc) is 3.59. The van der Waals surface area contributed by atoms with E-state index in [2.05, 4.69) is 20.9 Å². The van der Waals surface area contributed by atoms with Gasteiger partial charge in [-0.25, -0.2) is 9.78 Å². The van der Waals surface area contributed by atoms with Crippen molar-refractivity contribution in [3.8, 4) is 10.4 Å². The van der Waals surface area contributed by atoms with E-state index in [-0.39, 0.29) is 23.5 Å². The monoisotopic (exact) mass is 529 g/mol. The fourth-order valence-electron chi connectivity index (χ4n) is 5.67. The minimum absolute atomic E-state index is 0.0847. The number of carbonyl (C=O) groups excluding carboxylic acids is 2. The highest BCUT2D eigenvalue weighted by molar-refractivity contribution is 7.17. The first kappa shape index (κ1) is 24.6. The van der Waals surface area contributed by atoms with Gasteiger partial charge in [-0.05, 0) is 87.4 Å². The summed E-state index contributed by atoms with van der Waals surface area (Å²) in [4.78, 5) is 38.2. The van der Waals surface area contributed by atoms with Crippen LogP contribution in [0.5, 0.6) is 0 Å². The number of aromatic nitrogens is 3. The number of anilines is 1. The largest absolute Gasteiger partial charge is 0.444 e. The molecule has 0 atom stereocenters. The molecule has 1 aromatic carbocycles. The lowest BCUT2D eigenvalue weighted by atomic mass is 9.65. The van der Waals surface area contributed by atoms with Crippen molar-refractivity contribution in [2.75, 3.05) is 18.4 Å². The van der Waals surface area contributed by atoms with Gasteiger partial charge in [0.25, 0.3) is 5.91 Å². The minimum atomic E-state index is -0.501. The van der Waals surface area contributed by atoms with Gasteiger partial charge in [-0.1, -0.05) is 12.1 Å². The van der Waals surface area contributed by atoms with Crippen LogP contribution >= 0.6 is 11.3 Å². The first-order valence-corrected chi connectivity index (χ1v) is 13.8. The highest BCUT2D eigenvalue weighted by atomic mass is 32.1. The van der Waals surface area contributed by atoms with Crippen LogP contribution in [0.15, 0.2) is 60.9 Å². The molecule has 2 amide bonds. The van der Waals surface area contributed by atoms with Gasteiger partial charge in [-0.2, -0.15) is 0 Å². The number of pyridine rings is 1. The molecule has 9 heteroatoms. The van der Waals surface area contributed by atoms with Crippen molar-refractivity contribution >= 4 is 40.3 Å². The maximum atomic E-state index is 13.3. The summed E-state index contributed by atoms with van der Waals surface area (Å²) >= 11 is 1.45. The van der Waals surface area contributed by atoms with E-state index in [4.69, 9.17) is 9.72 Å². The predicted octanol–water partition coefficient (Wildman–Crippen LogP) is 6.37. The number of thiophene rings is 1. The number of imidazole rings is 1. The van der Waals surface area contributed by atoms with E-state index in [1.165, 1.54) is 11.3 Å². The van der Waals surface area contributed by atoms with Gasteiger partial charge in [-0.3, -0.25) is 15.1 Å². The first-order chi connectivity index (χ1) is 18.2. The molecule has 1 saturated heterocycles. The molecule has 1 saturated carbocycles. The van der Waals surface area contributed by atoms with Crippen LogP contribution in [0.3, 0.4) is 0 Å². The standard InChI is InChI=1S/C29H31N5O3S/c1-28(2,3)37-27(36)33-15-12-29(18-33)16-20(17-29)34-22-7-5-4-6-21(22)31-26(34)32-25(35)24-9-8-23(38-24)19-10-13-30-14-11-19/h4-11,13-14,20H,12,15-18H2,1-3H3,(H,31,32,35). The number of nitrogens with zero attached hydrogens (tertiary/aromatic N) is 4. The van der Waals surface area contributed by atoms with E-state index in [0.29, 0.717) is 23.9 Å². The van der Waals surface area contributed by atoms with Gasteiger partial charge >= 0.3 is 6.09 Å². The van der Waals surface area contributed by atoms with Crippen LogP contribution in [0.1, 0.15) is 55.7 Å². The van der Waals surface area contributed by atoms with E-state index >= 15 is 0 Å². The molecule has 4 aromatic rings. The molecule has 1 aliphatic heterocycles. The summed E-state index contributed by atoms with van der Waals surface area (Å²) in [6.07, 6.45) is 6.09. The smallest absolute Gasteiger partial charge is 0.410 e. The van der Waals surface area contributed by atoms with Crippen LogP contribution in [0.2, 0.25) is 0 Å². The van der Waals surface area contributed by atoms with E-state index in [1.807, 2.05) is 68.1 Å². The number of fused-ring (bicyclic) bond motifs is 1. The molecular weight excluding hydrogens is 498 g/mol. The lowest BCUT2D eigenvalue weighted by Crippen LogP contribution is -2.43. The molecule has 8 nitrogen and oxygen atoms in total. The Labute approximate surface area is 225 Å². The highest BCUT2D eigenvalue weighted by Gasteiger charge is 2.51. The van der Waals surface area contributed by atoms with Gasteiger partial charge in [-0.15, -0.1) is 11.3 Å². The van der Waals surface area contributed by atoms with Gasteiger partial charge in [0.2, 0.25) is 5.95 Å². The van der Waals surface area contributed by atoms with Gasteiger partial charge in [0.1, 0.15) is 5.60 Å². The third kappa shape index (κ3) is 4.67. The van der Waals surface area contributed by atoms with Crippen molar-refractivity contribution in [1.29, 1.82) is 0 Å². The molecule has 1 aliphatic carbocycles. The van der Waals surface area contributed by atoms with Crippen molar-refractivity contribution in [2.45, 2.75) is 51.7 Å². The number of para-hydroxylation sites is 2. The molecule has 4 heterocycles. The molecule has 0 radical (unpaired) electrons. The number of likely N-dealkylation sites (tertiary alicyclic amines) is 1. The summed E-state index contributed by atoms with van der Waals surface area (Å²) < 4.78 is 7.77. The molecule has 6 rings (SSSR count). The maximum Gasteiger partial charge on any atom is 0.410 e. The molecule has 38 heavy (non-hydrogen) atoms. The topological polar surface area (TPSA) is 89.4 Å². The van der Waals surface area contributed by atoms with Gasteiger partial charge in [0.05, 0.1) is 15.9 Å². The Hall–Kier alpha value is -3.72. The highest BCUT2D eigenvalue weighted by Crippen LogP contribution is 2.55. The summed E-state index contributed by atoms with van der Waals surface area (Å²) in [7, 11) is 0. The lowest BCUT2D eigenvalue weighted by Gasteiger charge is -2.46. The molecule has 0 bridgehead atoms. The predicted molar refractivity (Wildman–Crippen MR) is 148 cm³/mol. The Morgan fingerprint density at radius 2 is 1.84 bits per heavy atom. The second kappa shape index (κ2) is 9.23. The number of benzene rings is 1. The van der Waals surface area contributed by atoms with Gasteiger partial charge < -0.3 is 14.2 Å². The second-order valence-corrected chi connectivity index (χ2v) is 12.4. The molecule has 2 aliphatic rings. The second-order valence-electron chi connectivity index (χ2n) is 11.4. The summed E-state index contributed by atoms with van der Waals surface area (Å²) in [5.41, 5.74) is 2.48. The zero-order chi connectivity index (χ0) is 26.5.